The van der Waals surface area contributed by atoms with Crippen LogP contribution in [0, 0.1) is 17.1 Å². The number of nitrogens with one attached hydrogen (secondary N) is 1. The monoisotopic (exact) mass is 407 g/mol. The van der Waals surface area contributed by atoms with Crippen LogP contribution in [0.15, 0.2) is 59.4 Å². The second kappa shape index (κ2) is 7.73. The molecule has 0 saturated heterocycles. The molecule has 144 valence electrons. The van der Waals surface area contributed by atoms with Gasteiger partial charge in [0.15, 0.2) is 5.82 Å². The van der Waals surface area contributed by atoms with E-state index in [0.29, 0.717) is 16.4 Å². The van der Waals surface area contributed by atoms with Gasteiger partial charge in [0.1, 0.15) is 23.2 Å². The number of aromatic nitrogens is 6. The van der Waals surface area contributed by atoms with E-state index in [-0.39, 0.29) is 17.2 Å². The van der Waals surface area contributed by atoms with Gasteiger partial charge in [-0.05, 0) is 47.7 Å². The lowest BCUT2D eigenvalue weighted by atomic mass is 10.2. The molecule has 2 heterocycles. The van der Waals surface area contributed by atoms with Crippen LogP contribution >= 0.6 is 11.8 Å². The molecule has 0 amide bonds. The van der Waals surface area contributed by atoms with Crippen molar-refractivity contribution in [3.63, 3.8) is 0 Å². The molecule has 4 aromatic rings. The average Bonchev–Trinajstić information content (AvgIpc) is 3.35. The van der Waals surface area contributed by atoms with Crippen molar-refractivity contribution in [2.45, 2.75) is 17.3 Å². The zero-order valence-electron chi connectivity index (χ0n) is 15.1. The maximum Gasteiger partial charge on any atom is 0.214 e. The Morgan fingerprint density at radius 2 is 2.10 bits per heavy atom. The molecule has 0 unspecified atom stereocenters. The number of halogens is 1. The molecule has 0 spiro atoms. The summed E-state index contributed by atoms with van der Waals surface area (Å²) in [4.78, 5) is 7.40. The van der Waals surface area contributed by atoms with Gasteiger partial charge in [0.25, 0.3) is 0 Å². The molecule has 2 aromatic heterocycles. The number of fused-ring (bicyclic) bond motifs is 1. The van der Waals surface area contributed by atoms with E-state index < -0.39 is 11.1 Å². The number of aromatic amines is 1. The van der Waals surface area contributed by atoms with Crippen molar-refractivity contribution in [2.24, 2.45) is 0 Å². The smallest absolute Gasteiger partial charge is 0.214 e. The average molecular weight is 407 g/mol. The molecule has 0 aliphatic heterocycles. The van der Waals surface area contributed by atoms with Crippen LogP contribution in [-0.4, -0.2) is 40.5 Å². The Bertz CT molecular complexity index is 1220. The lowest BCUT2D eigenvalue weighted by Gasteiger charge is -2.11. The number of benzene rings is 2. The molecule has 0 radical (unpaired) electrons. The highest BCUT2D eigenvalue weighted by Gasteiger charge is 2.22. The van der Waals surface area contributed by atoms with Crippen LogP contribution in [0.4, 0.5) is 4.39 Å². The Labute approximate surface area is 168 Å². The van der Waals surface area contributed by atoms with Crippen LogP contribution in [0.2, 0.25) is 0 Å². The second-order valence-electron chi connectivity index (χ2n) is 6.09. The number of rotatable bonds is 5. The van der Waals surface area contributed by atoms with Crippen LogP contribution < -0.4 is 0 Å². The van der Waals surface area contributed by atoms with Crippen LogP contribution in [0.25, 0.3) is 22.3 Å². The third-order valence-corrected chi connectivity index (χ3v) is 5.20. The molecule has 1 atom stereocenters. The summed E-state index contributed by atoms with van der Waals surface area (Å²) >= 11 is 1.13. The molecule has 0 saturated carbocycles. The Morgan fingerprint density at radius 1 is 1.28 bits per heavy atom. The lowest BCUT2D eigenvalue weighted by molar-refractivity contribution is 0.401. The summed E-state index contributed by atoms with van der Waals surface area (Å²) in [6.07, 6.45) is 0. The van der Waals surface area contributed by atoms with Crippen LogP contribution in [0.3, 0.4) is 0 Å². The van der Waals surface area contributed by atoms with E-state index in [1.54, 1.807) is 19.1 Å². The lowest BCUT2D eigenvalue weighted by Crippen LogP contribution is -2.07. The number of aliphatic hydroxyl groups is 1. The minimum Gasteiger partial charge on any atom is -0.510 e. The van der Waals surface area contributed by atoms with Crippen LogP contribution in [-0.2, 0) is 0 Å². The first-order valence-electron chi connectivity index (χ1n) is 8.56. The molecular formula is C19H14FN7OS. The van der Waals surface area contributed by atoms with Gasteiger partial charge in [0, 0.05) is 0 Å². The summed E-state index contributed by atoms with van der Waals surface area (Å²) < 4.78 is 14.9. The summed E-state index contributed by atoms with van der Waals surface area (Å²) in [6, 6.07) is 15.2. The number of para-hydroxylation sites is 2. The standard InChI is InChI=1S/C19H14FN7OS/c1-11(29-19-24-25-26-27(19)13-6-4-5-12(20)9-13)17(28)14(10-21)18-22-15-7-2-3-8-16(15)23-18/h2-9,11,28H,1H3,(H,22,23)/b17-14-/t11-/m0/s1. The number of allylic oxidation sites excluding steroid dienone is 1. The number of thioether (sulfide) groups is 1. The number of H-pyrrole nitrogens is 1. The molecule has 0 aliphatic rings. The van der Waals surface area contributed by atoms with Crippen molar-refractivity contribution in [3.05, 3.63) is 65.9 Å². The highest BCUT2D eigenvalue weighted by Crippen LogP contribution is 2.30. The van der Waals surface area contributed by atoms with E-state index in [1.807, 2.05) is 30.3 Å². The second-order valence-corrected chi connectivity index (χ2v) is 7.40. The van der Waals surface area contributed by atoms with Crippen molar-refractivity contribution < 1.29 is 9.50 Å². The third kappa shape index (κ3) is 3.68. The van der Waals surface area contributed by atoms with Gasteiger partial charge in [-0.2, -0.15) is 9.94 Å². The van der Waals surface area contributed by atoms with E-state index in [0.717, 1.165) is 17.3 Å². The van der Waals surface area contributed by atoms with Crippen LogP contribution in [0.5, 0.6) is 0 Å². The van der Waals surface area contributed by atoms with Crippen molar-refractivity contribution in [2.75, 3.05) is 0 Å². The number of aliphatic hydroxyl groups excluding tert-OH is 1. The number of hydrogen-bond donors (Lipinski definition) is 2. The Morgan fingerprint density at radius 3 is 2.86 bits per heavy atom. The summed E-state index contributed by atoms with van der Waals surface area (Å²) in [6.45, 7) is 1.71. The predicted molar refractivity (Wildman–Crippen MR) is 106 cm³/mol. The first kappa shape index (κ1) is 18.6. The molecule has 2 N–H and O–H groups in total. The maximum atomic E-state index is 13.5. The molecule has 29 heavy (non-hydrogen) atoms. The molecule has 0 bridgehead atoms. The van der Waals surface area contributed by atoms with Gasteiger partial charge in [0.05, 0.1) is 22.0 Å². The minimum absolute atomic E-state index is 0.0333. The van der Waals surface area contributed by atoms with E-state index in [4.69, 9.17) is 0 Å². The minimum atomic E-state index is -0.559. The Kier molecular flexibility index (Phi) is 4.97. The van der Waals surface area contributed by atoms with E-state index in [1.165, 1.54) is 16.8 Å². The molecule has 8 nitrogen and oxygen atoms in total. The zero-order valence-corrected chi connectivity index (χ0v) is 15.9. The predicted octanol–water partition coefficient (Wildman–Crippen LogP) is 3.65. The molecule has 4 rings (SSSR count). The van der Waals surface area contributed by atoms with E-state index >= 15 is 0 Å². The third-order valence-electron chi connectivity index (χ3n) is 4.16. The first-order chi connectivity index (χ1) is 14.1. The Hall–Kier alpha value is -3.71. The van der Waals surface area contributed by atoms with Crippen molar-refractivity contribution >= 4 is 28.4 Å². The normalized spacial score (nSPS) is 13.1. The van der Waals surface area contributed by atoms with E-state index in [2.05, 4.69) is 25.5 Å². The molecular weight excluding hydrogens is 393 g/mol. The van der Waals surface area contributed by atoms with Crippen molar-refractivity contribution in [1.29, 1.82) is 5.26 Å². The largest absolute Gasteiger partial charge is 0.510 e. The van der Waals surface area contributed by atoms with Gasteiger partial charge in [-0.1, -0.05) is 30.0 Å². The maximum absolute atomic E-state index is 13.5. The molecule has 2 aromatic carbocycles. The molecule has 0 aliphatic carbocycles. The fourth-order valence-electron chi connectivity index (χ4n) is 2.74. The topological polar surface area (TPSA) is 116 Å². The quantitative estimate of drug-likeness (QED) is 0.295. The molecule has 0 fully saturated rings. The summed E-state index contributed by atoms with van der Waals surface area (Å²) in [5.41, 5.74) is 1.94. The molecule has 10 heteroatoms. The van der Waals surface area contributed by atoms with Gasteiger partial charge in [0.2, 0.25) is 5.16 Å². The van der Waals surface area contributed by atoms with Crippen LogP contribution in [0.1, 0.15) is 12.7 Å². The zero-order chi connectivity index (χ0) is 20.4. The summed E-state index contributed by atoms with van der Waals surface area (Å²) in [5.74, 6) is -0.296. The summed E-state index contributed by atoms with van der Waals surface area (Å²) in [7, 11) is 0. The van der Waals surface area contributed by atoms with Gasteiger partial charge in [-0.25, -0.2) is 9.37 Å². The fraction of sp³-hybridized carbons (Fsp3) is 0.105. The first-order valence-corrected chi connectivity index (χ1v) is 9.44. The SMILES string of the molecule is C[C@H](Sc1nnnn1-c1cccc(F)c1)/C(O)=C(\C#N)c1nc2ccccc2[nH]1. The highest BCUT2D eigenvalue weighted by molar-refractivity contribution is 7.99. The van der Waals surface area contributed by atoms with Crippen molar-refractivity contribution in [3.8, 4) is 11.8 Å². The number of nitriles is 1. The number of tetrazole rings is 1. The van der Waals surface area contributed by atoms with Gasteiger partial charge in [-0.15, -0.1) is 5.10 Å². The number of imidazole rings is 1. The number of nitrogens with zero attached hydrogens (tertiary/aromatic N) is 6. The fourth-order valence-corrected chi connectivity index (χ4v) is 3.61. The van der Waals surface area contributed by atoms with Gasteiger partial charge >= 0.3 is 0 Å². The van der Waals surface area contributed by atoms with Crippen molar-refractivity contribution in [1.82, 2.24) is 30.2 Å². The highest BCUT2D eigenvalue weighted by atomic mass is 32.2. The Balaban J connectivity index is 1.65. The van der Waals surface area contributed by atoms with Gasteiger partial charge in [-0.3, -0.25) is 0 Å². The number of hydrogen-bond acceptors (Lipinski definition) is 7. The van der Waals surface area contributed by atoms with Gasteiger partial charge < -0.3 is 10.1 Å². The van der Waals surface area contributed by atoms with E-state index in [9.17, 15) is 14.8 Å². The summed E-state index contributed by atoms with van der Waals surface area (Å²) in [5, 5.41) is 31.5.